The molecule has 0 aliphatic carbocycles. The normalized spacial score (nSPS) is 19.6. The molecule has 1 aromatic carbocycles. The number of amides is 1. The van der Waals surface area contributed by atoms with Crippen LogP contribution >= 0.6 is 11.8 Å². The first-order chi connectivity index (χ1) is 11.0. The molecule has 0 spiro atoms. The van der Waals surface area contributed by atoms with Crippen LogP contribution < -0.4 is 5.32 Å². The summed E-state index contributed by atoms with van der Waals surface area (Å²) < 4.78 is 28.4. The molecule has 23 heavy (non-hydrogen) atoms. The van der Waals surface area contributed by atoms with Crippen molar-refractivity contribution in [1.82, 2.24) is 5.32 Å². The van der Waals surface area contributed by atoms with Crippen LogP contribution in [-0.4, -0.2) is 50.8 Å². The summed E-state index contributed by atoms with van der Waals surface area (Å²) in [5.74, 6) is 0.323. The minimum atomic E-state index is -2.91. The van der Waals surface area contributed by atoms with Crippen molar-refractivity contribution in [1.29, 1.82) is 0 Å². The van der Waals surface area contributed by atoms with Gasteiger partial charge in [-0.1, -0.05) is 12.1 Å². The molecule has 1 amide bonds. The van der Waals surface area contributed by atoms with Crippen LogP contribution in [0.25, 0.3) is 0 Å². The van der Waals surface area contributed by atoms with E-state index in [4.69, 9.17) is 4.74 Å². The second-order valence-corrected chi connectivity index (χ2v) is 9.02. The Morgan fingerprint density at radius 1 is 1.39 bits per heavy atom. The molecule has 1 aliphatic heterocycles. The van der Waals surface area contributed by atoms with Crippen LogP contribution in [0.4, 0.5) is 0 Å². The van der Waals surface area contributed by atoms with E-state index in [0.29, 0.717) is 31.7 Å². The van der Waals surface area contributed by atoms with Crippen molar-refractivity contribution < 1.29 is 17.9 Å². The van der Waals surface area contributed by atoms with Gasteiger partial charge in [-0.05, 0) is 31.9 Å². The highest BCUT2D eigenvalue weighted by Crippen LogP contribution is 2.32. The first kappa shape index (κ1) is 18.3. The predicted octanol–water partition coefficient (Wildman–Crippen LogP) is 2.12. The SMILES string of the molecule is CCOCCCNC(=O)c1ccccc1S[C@@H]1CCS(=O)(=O)C1. The summed E-state index contributed by atoms with van der Waals surface area (Å²) in [6.45, 7) is 3.82. The molecule has 1 aliphatic rings. The molecular formula is C16H23NO4S2. The molecule has 7 heteroatoms. The van der Waals surface area contributed by atoms with Crippen LogP contribution in [0.2, 0.25) is 0 Å². The van der Waals surface area contributed by atoms with Crippen molar-refractivity contribution in [3.63, 3.8) is 0 Å². The van der Waals surface area contributed by atoms with Gasteiger partial charge in [-0.15, -0.1) is 11.8 Å². The Morgan fingerprint density at radius 2 is 2.17 bits per heavy atom. The van der Waals surface area contributed by atoms with Crippen molar-refractivity contribution in [3.05, 3.63) is 29.8 Å². The maximum Gasteiger partial charge on any atom is 0.252 e. The maximum absolute atomic E-state index is 12.3. The van der Waals surface area contributed by atoms with Crippen LogP contribution in [0.1, 0.15) is 30.1 Å². The number of rotatable bonds is 8. The molecule has 1 heterocycles. The average Bonchev–Trinajstić information content (AvgIpc) is 2.86. The lowest BCUT2D eigenvalue weighted by Crippen LogP contribution is -2.26. The largest absolute Gasteiger partial charge is 0.382 e. The van der Waals surface area contributed by atoms with E-state index >= 15 is 0 Å². The molecule has 1 atom stereocenters. The molecule has 1 aromatic rings. The van der Waals surface area contributed by atoms with Gasteiger partial charge in [0.1, 0.15) is 0 Å². The first-order valence-electron chi connectivity index (χ1n) is 7.84. The fourth-order valence-corrected chi connectivity index (χ4v) is 6.03. The van der Waals surface area contributed by atoms with E-state index in [9.17, 15) is 13.2 Å². The van der Waals surface area contributed by atoms with Crippen molar-refractivity contribution >= 4 is 27.5 Å². The number of hydrogen-bond acceptors (Lipinski definition) is 5. The van der Waals surface area contributed by atoms with Gasteiger partial charge in [0.05, 0.1) is 17.1 Å². The maximum atomic E-state index is 12.3. The lowest BCUT2D eigenvalue weighted by atomic mass is 10.2. The number of nitrogens with one attached hydrogen (secondary N) is 1. The average molecular weight is 357 g/mol. The lowest BCUT2D eigenvalue weighted by Gasteiger charge is -2.12. The Kier molecular flexibility index (Phi) is 6.92. The second-order valence-electron chi connectivity index (χ2n) is 5.45. The summed E-state index contributed by atoms with van der Waals surface area (Å²) in [5, 5.41) is 2.92. The Balaban J connectivity index is 1.93. The quantitative estimate of drug-likeness (QED) is 0.722. The monoisotopic (exact) mass is 357 g/mol. The zero-order chi connectivity index (χ0) is 16.7. The van der Waals surface area contributed by atoms with Gasteiger partial charge in [0.25, 0.3) is 5.91 Å². The van der Waals surface area contributed by atoms with Gasteiger partial charge < -0.3 is 10.1 Å². The molecule has 0 unspecified atom stereocenters. The predicted molar refractivity (Wildman–Crippen MR) is 92.8 cm³/mol. The van der Waals surface area contributed by atoms with Gasteiger partial charge in [-0.3, -0.25) is 4.79 Å². The van der Waals surface area contributed by atoms with Gasteiger partial charge in [-0.25, -0.2) is 8.42 Å². The summed E-state index contributed by atoms with van der Waals surface area (Å²) in [4.78, 5) is 13.2. The molecule has 2 rings (SSSR count). The minimum absolute atomic E-state index is 0.0342. The topological polar surface area (TPSA) is 72.5 Å². The number of carbonyl (C=O) groups is 1. The highest BCUT2D eigenvalue weighted by molar-refractivity contribution is 8.02. The Hall–Kier alpha value is -1.05. The molecule has 0 bridgehead atoms. The van der Waals surface area contributed by atoms with Gasteiger partial charge in [-0.2, -0.15) is 0 Å². The second kappa shape index (κ2) is 8.70. The van der Waals surface area contributed by atoms with Crippen LogP contribution in [0.15, 0.2) is 29.2 Å². The van der Waals surface area contributed by atoms with E-state index in [1.54, 1.807) is 6.07 Å². The smallest absolute Gasteiger partial charge is 0.252 e. The fourth-order valence-electron chi connectivity index (χ4n) is 2.41. The number of hydrogen-bond donors (Lipinski definition) is 1. The van der Waals surface area contributed by atoms with E-state index in [-0.39, 0.29) is 22.7 Å². The Bertz CT molecular complexity index is 631. The van der Waals surface area contributed by atoms with E-state index in [1.807, 2.05) is 25.1 Å². The molecule has 0 radical (unpaired) electrons. The Labute approximate surface area is 142 Å². The van der Waals surface area contributed by atoms with E-state index in [1.165, 1.54) is 11.8 Å². The number of sulfone groups is 1. The van der Waals surface area contributed by atoms with E-state index < -0.39 is 9.84 Å². The third-order valence-corrected chi connectivity index (χ3v) is 6.90. The van der Waals surface area contributed by atoms with Gasteiger partial charge >= 0.3 is 0 Å². The van der Waals surface area contributed by atoms with Crippen molar-refractivity contribution in [2.45, 2.75) is 29.9 Å². The third-order valence-electron chi connectivity index (χ3n) is 3.57. The standard InChI is InChI=1S/C16H23NO4S2/c1-2-21-10-5-9-17-16(18)14-6-3-4-7-15(14)22-13-8-11-23(19,20)12-13/h3-4,6-7,13H,2,5,8-12H2,1H3,(H,17,18)/t13-/m1/s1. The number of ether oxygens (including phenoxy) is 1. The van der Waals surface area contributed by atoms with Crippen LogP contribution in [0.5, 0.6) is 0 Å². The van der Waals surface area contributed by atoms with Crippen LogP contribution in [-0.2, 0) is 14.6 Å². The molecule has 0 aromatic heterocycles. The molecule has 128 valence electrons. The zero-order valence-corrected chi connectivity index (χ0v) is 14.9. The minimum Gasteiger partial charge on any atom is -0.382 e. The number of benzene rings is 1. The summed E-state index contributed by atoms with van der Waals surface area (Å²) in [7, 11) is -2.91. The fraction of sp³-hybridized carbons (Fsp3) is 0.562. The van der Waals surface area contributed by atoms with E-state index in [0.717, 1.165) is 11.3 Å². The molecule has 1 saturated heterocycles. The van der Waals surface area contributed by atoms with Gasteiger partial charge in [0, 0.05) is 29.9 Å². The number of carbonyl (C=O) groups excluding carboxylic acids is 1. The zero-order valence-electron chi connectivity index (χ0n) is 13.3. The highest BCUT2D eigenvalue weighted by Gasteiger charge is 2.29. The summed E-state index contributed by atoms with van der Waals surface area (Å²) in [6, 6.07) is 7.36. The summed E-state index contributed by atoms with van der Waals surface area (Å²) in [5.41, 5.74) is 0.609. The lowest BCUT2D eigenvalue weighted by molar-refractivity contribution is 0.0941. The molecule has 1 N–H and O–H groups in total. The Morgan fingerprint density at radius 3 is 2.87 bits per heavy atom. The summed E-state index contributed by atoms with van der Waals surface area (Å²) in [6.07, 6.45) is 1.42. The molecule has 0 saturated carbocycles. The first-order valence-corrected chi connectivity index (χ1v) is 10.5. The highest BCUT2D eigenvalue weighted by atomic mass is 32.2. The molecular weight excluding hydrogens is 334 g/mol. The van der Waals surface area contributed by atoms with Crippen molar-refractivity contribution in [2.24, 2.45) is 0 Å². The summed E-state index contributed by atoms with van der Waals surface area (Å²) >= 11 is 1.49. The van der Waals surface area contributed by atoms with Crippen molar-refractivity contribution in [2.75, 3.05) is 31.3 Å². The van der Waals surface area contributed by atoms with Crippen molar-refractivity contribution in [3.8, 4) is 0 Å². The van der Waals surface area contributed by atoms with Gasteiger partial charge in [0.15, 0.2) is 9.84 Å². The van der Waals surface area contributed by atoms with Crippen LogP contribution in [0.3, 0.4) is 0 Å². The van der Waals surface area contributed by atoms with Gasteiger partial charge in [0.2, 0.25) is 0 Å². The molecule has 5 nitrogen and oxygen atoms in total. The molecule has 1 fully saturated rings. The van der Waals surface area contributed by atoms with E-state index in [2.05, 4.69) is 5.32 Å². The number of thioether (sulfide) groups is 1. The third kappa shape index (κ3) is 5.82. The van der Waals surface area contributed by atoms with Crippen LogP contribution in [0, 0.1) is 0 Å².